The molecule has 0 aliphatic carbocycles. The van der Waals surface area contributed by atoms with Gasteiger partial charge < -0.3 is 25.7 Å². The summed E-state index contributed by atoms with van der Waals surface area (Å²) < 4.78 is 196. The summed E-state index contributed by atoms with van der Waals surface area (Å²) in [5.41, 5.74) is -4.53. The van der Waals surface area contributed by atoms with Crippen LogP contribution in [0.15, 0.2) is 146 Å². The predicted octanol–water partition coefficient (Wildman–Crippen LogP) is 13.3. The fraction of sp³-hybridized carbons (Fsp3) is 0.143. The van der Waals surface area contributed by atoms with Crippen LogP contribution in [0.3, 0.4) is 0 Å². The van der Waals surface area contributed by atoms with Crippen LogP contribution >= 0.6 is 0 Å². The van der Waals surface area contributed by atoms with Gasteiger partial charge in [0.05, 0.1) is 11.4 Å². The maximum absolute atomic E-state index is 16.0. The van der Waals surface area contributed by atoms with E-state index in [1.165, 1.54) is 24.3 Å². The molecular weight excluding hydrogens is 808 g/mol. The average molecular weight is 837 g/mol. The molecule has 6 rings (SSSR count). The molecule has 4 N–H and O–H groups in total. The Balaban J connectivity index is 1.21. The summed E-state index contributed by atoms with van der Waals surface area (Å²) in [5, 5.41) is 0. The molecule has 0 spiro atoms. The first-order valence-electron chi connectivity index (χ1n) is 17.0. The minimum Gasteiger partial charge on any atom is -0.457 e. The molecule has 0 bridgehead atoms. The molecule has 0 fully saturated rings. The molecule has 2 unspecified atom stereocenters. The molecule has 0 radical (unpaired) electrons. The molecule has 59 heavy (non-hydrogen) atoms. The van der Waals surface area contributed by atoms with Crippen LogP contribution in [0.25, 0.3) is 0 Å². The van der Waals surface area contributed by atoms with E-state index in [0.717, 1.165) is 24.3 Å². The number of nitrogen functional groups attached to an aromatic ring is 2. The van der Waals surface area contributed by atoms with Crippen molar-refractivity contribution in [2.24, 2.45) is 0 Å². The summed E-state index contributed by atoms with van der Waals surface area (Å²) in [6.07, 6.45) is -12.4. The van der Waals surface area contributed by atoms with Crippen molar-refractivity contribution in [2.45, 2.75) is 35.5 Å². The van der Waals surface area contributed by atoms with Crippen LogP contribution in [0.4, 0.5) is 64.1 Å². The van der Waals surface area contributed by atoms with Crippen molar-refractivity contribution in [1.82, 2.24) is 0 Å². The van der Waals surface area contributed by atoms with Crippen LogP contribution in [-0.4, -0.2) is 12.4 Å². The molecule has 6 aromatic rings. The van der Waals surface area contributed by atoms with Crippen molar-refractivity contribution >= 4 is 11.4 Å². The van der Waals surface area contributed by atoms with Crippen molar-refractivity contribution < 1.29 is 66.9 Å². The number of benzene rings is 6. The van der Waals surface area contributed by atoms with Crippen LogP contribution in [0.1, 0.15) is 22.3 Å². The molecular formula is C42H28F12N2O3. The highest BCUT2D eigenvalue weighted by Crippen LogP contribution is 2.59. The van der Waals surface area contributed by atoms with Crippen LogP contribution < -0.4 is 25.7 Å². The van der Waals surface area contributed by atoms with E-state index in [1.54, 1.807) is 24.3 Å². The first kappa shape index (κ1) is 42.1. The van der Waals surface area contributed by atoms with E-state index in [0.29, 0.717) is 72.8 Å². The lowest BCUT2D eigenvalue weighted by Crippen LogP contribution is -2.51. The number of rotatable bonds is 12. The van der Waals surface area contributed by atoms with Crippen molar-refractivity contribution in [3.05, 3.63) is 168 Å². The molecule has 0 amide bonds. The van der Waals surface area contributed by atoms with Gasteiger partial charge in [-0.15, -0.1) is 0 Å². The fourth-order valence-corrected chi connectivity index (χ4v) is 5.95. The molecule has 0 aromatic heterocycles. The standard InChI is InChI=1S/C42H28F12N2O3/c43-37(41(49,50)51,39(45,46)27-13-21-31(22-14-27)58-35-7-3-1-5-33(35)55)25-9-17-29(18-10-25)57-30-19-11-26(12-20-30)38(44,42(52,53)54)40(47,48)28-15-23-32(24-16-28)59-36-8-4-2-6-34(36)56/h1-24H,55-56H2. The second-order valence-electron chi connectivity index (χ2n) is 12.9. The summed E-state index contributed by atoms with van der Waals surface area (Å²) in [6, 6.07) is 22.0. The summed E-state index contributed by atoms with van der Waals surface area (Å²) >= 11 is 0. The van der Waals surface area contributed by atoms with Gasteiger partial charge in [-0.25, -0.2) is 8.78 Å². The van der Waals surface area contributed by atoms with Gasteiger partial charge in [-0.05, 0) is 97.1 Å². The molecule has 6 aromatic carbocycles. The SMILES string of the molecule is Nc1ccccc1Oc1ccc(C(F)(F)C(F)(c2ccc(Oc3ccc(C(F)(C(F)(F)F)C(F)(F)c4ccc(Oc5ccccc5N)cc4)cc3)cc2)C(F)(F)F)cc1. The normalized spacial score (nSPS) is 14.5. The van der Waals surface area contributed by atoms with Crippen LogP contribution in [0.2, 0.25) is 0 Å². The third-order valence-electron chi connectivity index (χ3n) is 9.11. The van der Waals surface area contributed by atoms with E-state index < -0.39 is 69.3 Å². The summed E-state index contributed by atoms with van der Waals surface area (Å²) in [4.78, 5) is 0. The number of alkyl halides is 12. The van der Waals surface area contributed by atoms with Crippen LogP contribution in [-0.2, 0) is 23.2 Å². The number of anilines is 2. The van der Waals surface area contributed by atoms with Gasteiger partial charge in [0.2, 0.25) is 0 Å². The Bertz CT molecular complexity index is 2220. The number of ether oxygens (including phenoxy) is 3. The second-order valence-corrected chi connectivity index (χ2v) is 12.9. The van der Waals surface area contributed by atoms with E-state index in [-0.39, 0.29) is 34.4 Å². The topological polar surface area (TPSA) is 79.7 Å². The Kier molecular flexibility index (Phi) is 10.9. The zero-order valence-electron chi connectivity index (χ0n) is 29.8. The van der Waals surface area contributed by atoms with Crippen molar-refractivity contribution in [2.75, 3.05) is 11.5 Å². The summed E-state index contributed by atoms with van der Waals surface area (Å²) in [7, 11) is 0. The number of para-hydroxylation sites is 4. The van der Waals surface area contributed by atoms with E-state index >= 15 is 26.3 Å². The van der Waals surface area contributed by atoms with Crippen molar-refractivity contribution in [1.29, 1.82) is 0 Å². The fourth-order valence-electron chi connectivity index (χ4n) is 5.95. The molecule has 0 aliphatic heterocycles. The van der Waals surface area contributed by atoms with E-state index in [2.05, 4.69) is 0 Å². The predicted molar refractivity (Wildman–Crippen MR) is 193 cm³/mol. The van der Waals surface area contributed by atoms with Gasteiger partial charge in [-0.2, -0.15) is 43.9 Å². The molecule has 308 valence electrons. The number of nitrogens with two attached hydrogens (primary N) is 2. The maximum atomic E-state index is 16.0. The smallest absolute Gasteiger partial charge is 0.433 e. The Morgan fingerprint density at radius 1 is 0.305 bits per heavy atom. The molecule has 17 heteroatoms. The molecule has 2 atom stereocenters. The lowest BCUT2D eigenvalue weighted by Gasteiger charge is -2.35. The molecule has 0 heterocycles. The average Bonchev–Trinajstić information content (AvgIpc) is 3.19. The number of hydrogen-bond acceptors (Lipinski definition) is 5. The lowest BCUT2D eigenvalue weighted by molar-refractivity contribution is -0.315. The largest absolute Gasteiger partial charge is 0.457 e. The summed E-state index contributed by atoms with van der Waals surface area (Å²) in [5.74, 6) is -11.3. The lowest BCUT2D eigenvalue weighted by atomic mass is 9.84. The van der Waals surface area contributed by atoms with Crippen LogP contribution in [0.5, 0.6) is 34.5 Å². The molecule has 0 saturated heterocycles. The number of hydrogen-bond donors (Lipinski definition) is 2. The monoisotopic (exact) mass is 836 g/mol. The zero-order valence-corrected chi connectivity index (χ0v) is 29.8. The van der Waals surface area contributed by atoms with E-state index in [4.69, 9.17) is 25.7 Å². The highest BCUT2D eigenvalue weighted by atomic mass is 19.4. The minimum absolute atomic E-state index is 0.0932. The van der Waals surface area contributed by atoms with Crippen molar-refractivity contribution in [3.63, 3.8) is 0 Å². The Morgan fingerprint density at radius 2 is 0.559 bits per heavy atom. The van der Waals surface area contributed by atoms with E-state index in [9.17, 15) is 26.3 Å². The summed E-state index contributed by atoms with van der Waals surface area (Å²) in [6.45, 7) is 0. The molecule has 5 nitrogen and oxygen atoms in total. The minimum atomic E-state index is -6.19. The van der Waals surface area contributed by atoms with E-state index in [1.807, 2.05) is 0 Å². The van der Waals surface area contributed by atoms with Crippen molar-refractivity contribution in [3.8, 4) is 34.5 Å². The molecule has 0 saturated carbocycles. The van der Waals surface area contributed by atoms with Gasteiger partial charge in [-0.3, -0.25) is 0 Å². The van der Waals surface area contributed by atoms with Gasteiger partial charge in [0, 0.05) is 22.3 Å². The quantitative estimate of drug-likeness (QED) is 0.0948. The Labute approximate surface area is 327 Å². The van der Waals surface area contributed by atoms with Gasteiger partial charge in [0.1, 0.15) is 34.5 Å². The molecule has 0 aliphatic rings. The third-order valence-corrected chi connectivity index (χ3v) is 9.11. The highest BCUT2D eigenvalue weighted by Gasteiger charge is 2.73. The van der Waals surface area contributed by atoms with Gasteiger partial charge >= 0.3 is 24.2 Å². The zero-order chi connectivity index (χ0) is 43.0. The Hall–Kier alpha value is -6.52. The third kappa shape index (κ3) is 7.76. The van der Waals surface area contributed by atoms with Gasteiger partial charge in [0.15, 0.2) is 0 Å². The second kappa shape index (κ2) is 15.3. The van der Waals surface area contributed by atoms with Crippen LogP contribution in [0, 0.1) is 0 Å². The maximum Gasteiger partial charge on any atom is 0.433 e. The first-order valence-corrected chi connectivity index (χ1v) is 17.0. The highest BCUT2D eigenvalue weighted by molar-refractivity contribution is 5.55. The van der Waals surface area contributed by atoms with Gasteiger partial charge in [0.25, 0.3) is 11.3 Å². The van der Waals surface area contributed by atoms with Gasteiger partial charge in [-0.1, -0.05) is 48.5 Å². The Morgan fingerprint density at radius 3 is 0.831 bits per heavy atom. The first-order chi connectivity index (χ1) is 27.6. The number of halogens is 12.